The first-order valence-corrected chi connectivity index (χ1v) is 8.44. The highest BCUT2D eigenvalue weighted by molar-refractivity contribution is 5.95. The van der Waals surface area contributed by atoms with Gasteiger partial charge in [-0.3, -0.25) is 9.59 Å². The molecular formula is C18H25N5O3. The number of carbonyl (C=O) groups excluding carboxylic acids is 2. The number of nitrogens with zero attached hydrogens (tertiary/aromatic N) is 4. The zero-order chi connectivity index (χ0) is 19.1. The summed E-state index contributed by atoms with van der Waals surface area (Å²) in [7, 11) is 3.18. The average Bonchev–Trinajstić information content (AvgIpc) is 2.99. The van der Waals surface area contributed by atoms with Crippen LogP contribution >= 0.6 is 0 Å². The Bertz CT molecular complexity index is 772. The van der Waals surface area contributed by atoms with E-state index in [1.807, 2.05) is 31.2 Å². The van der Waals surface area contributed by atoms with Gasteiger partial charge in [-0.2, -0.15) is 0 Å². The monoisotopic (exact) mass is 359 g/mol. The minimum Gasteiger partial charge on any atom is -0.385 e. The zero-order valence-corrected chi connectivity index (χ0v) is 15.7. The van der Waals surface area contributed by atoms with Crippen molar-refractivity contribution >= 4 is 11.8 Å². The number of likely N-dealkylation sites (N-methyl/N-ethyl adjacent to an activating group) is 1. The molecule has 0 aliphatic heterocycles. The minimum atomic E-state index is -0.339. The molecule has 0 fully saturated rings. The first-order chi connectivity index (χ1) is 12.4. The Morgan fingerprint density at radius 2 is 2.08 bits per heavy atom. The van der Waals surface area contributed by atoms with E-state index >= 15 is 0 Å². The predicted octanol–water partition coefficient (Wildman–Crippen LogP) is 1.11. The third-order valence-electron chi connectivity index (χ3n) is 3.92. The van der Waals surface area contributed by atoms with E-state index in [4.69, 9.17) is 4.74 Å². The van der Waals surface area contributed by atoms with Gasteiger partial charge in [0.05, 0.1) is 17.9 Å². The van der Waals surface area contributed by atoms with Crippen LogP contribution in [-0.2, 0) is 9.53 Å². The van der Waals surface area contributed by atoms with E-state index in [1.54, 1.807) is 25.8 Å². The van der Waals surface area contributed by atoms with Crippen molar-refractivity contribution in [1.82, 2.24) is 25.2 Å². The third-order valence-corrected chi connectivity index (χ3v) is 3.92. The van der Waals surface area contributed by atoms with Crippen molar-refractivity contribution in [3.63, 3.8) is 0 Å². The number of hydrogen-bond acceptors (Lipinski definition) is 5. The van der Waals surface area contributed by atoms with Gasteiger partial charge in [-0.05, 0) is 38.0 Å². The second-order valence-corrected chi connectivity index (χ2v) is 6.13. The highest BCUT2D eigenvalue weighted by Crippen LogP contribution is 2.14. The Labute approximate surface area is 153 Å². The van der Waals surface area contributed by atoms with Gasteiger partial charge in [0.2, 0.25) is 5.91 Å². The molecule has 1 N–H and O–H groups in total. The van der Waals surface area contributed by atoms with E-state index in [-0.39, 0.29) is 24.1 Å². The summed E-state index contributed by atoms with van der Waals surface area (Å²) < 4.78 is 6.55. The van der Waals surface area contributed by atoms with Crippen LogP contribution in [0.15, 0.2) is 24.3 Å². The molecule has 1 aromatic heterocycles. The molecule has 2 aromatic rings. The standard InChI is InChI=1S/C18H25N5O3/c1-13-7-5-8-15(11-13)23-14(2)17(20-21-23)18(25)22(3)12-16(24)19-9-6-10-26-4/h5,7-8,11H,6,9-10,12H2,1-4H3,(H,19,24). The molecule has 0 aliphatic carbocycles. The van der Waals surface area contributed by atoms with E-state index in [2.05, 4.69) is 15.6 Å². The Morgan fingerprint density at radius 3 is 2.77 bits per heavy atom. The molecule has 26 heavy (non-hydrogen) atoms. The van der Waals surface area contributed by atoms with Gasteiger partial charge in [-0.25, -0.2) is 4.68 Å². The molecule has 8 nitrogen and oxygen atoms in total. The van der Waals surface area contributed by atoms with Crippen LogP contribution in [-0.4, -0.2) is 65.6 Å². The van der Waals surface area contributed by atoms with Gasteiger partial charge >= 0.3 is 0 Å². The second-order valence-electron chi connectivity index (χ2n) is 6.13. The molecule has 2 amide bonds. The maximum Gasteiger partial charge on any atom is 0.276 e. The third kappa shape index (κ3) is 4.89. The topological polar surface area (TPSA) is 89.3 Å². The van der Waals surface area contributed by atoms with Crippen LogP contribution in [0.1, 0.15) is 28.2 Å². The van der Waals surface area contributed by atoms with E-state index in [9.17, 15) is 9.59 Å². The van der Waals surface area contributed by atoms with Gasteiger partial charge in [-0.15, -0.1) is 5.10 Å². The molecule has 1 heterocycles. The molecule has 0 radical (unpaired) electrons. The smallest absolute Gasteiger partial charge is 0.276 e. The summed E-state index contributed by atoms with van der Waals surface area (Å²) in [6.45, 7) is 4.82. The van der Waals surface area contributed by atoms with Crippen LogP contribution in [0, 0.1) is 13.8 Å². The van der Waals surface area contributed by atoms with E-state index in [1.165, 1.54) is 4.90 Å². The molecule has 0 bridgehead atoms. The number of aromatic nitrogens is 3. The number of benzene rings is 1. The number of hydrogen-bond donors (Lipinski definition) is 1. The number of methoxy groups -OCH3 is 1. The fourth-order valence-corrected chi connectivity index (χ4v) is 2.50. The summed E-state index contributed by atoms with van der Waals surface area (Å²) in [6, 6.07) is 7.78. The van der Waals surface area contributed by atoms with Gasteiger partial charge in [0, 0.05) is 27.3 Å². The molecule has 0 spiro atoms. The second kappa shape index (κ2) is 9.10. The Hall–Kier alpha value is -2.74. The fraction of sp³-hybridized carbons (Fsp3) is 0.444. The molecule has 2 rings (SSSR count). The number of aryl methyl sites for hydroxylation is 1. The molecule has 0 unspecified atom stereocenters. The van der Waals surface area contributed by atoms with Crippen LogP contribution in [0.25, 0.3) is 5.69 Å². The first kappa shape index (κ1) is 19.6. The Kier molecular flexibility index (Phi) is 6.85. The highest BCUT2D eigenvalue weighted by atomic mass is 16.5. The fourth-order valence-electron chi connectivity index (χ4n) is 2.50. The summed E-state index contributed by atoms with van der Waals surface area (Å²) in [5.41, 5.74) is 2.80. The molecule has 1 aromatic carbocycles. The molecule has 8 heteroatoms. The largest absolute Gasteiger partial charge is 0.385 e. The van der Waals surface area contributed by atoms with Crippen molar-refractivity contribution in [3.05, 3.63) is 41.2 Å². The molecule has 140 valence electrons. The first-order valence-electron chi connectivity index (χ1n) is 8.44. The van der Waals surface area contributed by atoms with Crippen molar-refractivity contribution in [2.45, 2.75) is 20.3 Å². The maximum absolute atomic E-state index is 12.6. The molecule has 0 saturated carbocycles. The maximum atomic E-state index is 12.6. The Morgan fingerprint density at radius 1 is 1.31 bits per heavy atom. The van der Waals surface area contributed by atoms with Gasteiger partial charge < -0.3 is 15.0 Å². The van der Waals surface area contributed by atoms with Crippen molar-refractivity contribution < 1.29 is 14.3 Å². The van der Waals surface area contributed by atoms with Gasteiger partial charge in [0.15, 0.2) is 5.69 Å². The molecule has 0 atom stereocenters. The lowest BCUT2D eigenvalue weighted by Gasteiger charge is -2.16. The summed E-state index contributed by atoms with van der Waals surface area (Å²) in [6.07, 6.45) is 0.726. The summed E-state index contributed by atoms with van der Waals surface area (Å²) in [4.78, 5) is 25.8. The van der Waals surface area contributed by atoms with Crippen molar-refractivity contribution in [1.29, 1.82) is 0 Å². The number of carbonyl (C=O) groups is 2. The van der Waals surface area contributed by atoms with Crippen LogP contribution in [0.4, 0.5) is 0 Å². The van der Waals surface area contributed by atoms with Crippen molar-refractivity contribution in [3.8, 4) is 5.69 Å². The normalized spacial score (nSPS) is 10.6. The summed E-state index contributed by atoms with van der Waals surface area (Å²) >= 11 is 0. The lowest BCUT2D eigenvalue weighted by Crippen LogP contribution is -2.39. The molecular weight excluding hydrogens is 334 g/mol. The van der Waals surface area contributed by atoms with E-state index in [0.717, 1.165) is 17.7 Å². The van der Waals surface area contributed by atoms with Crippen molar-refractivity contribution in [2.24, 2.45) is 0 Å². The molecule has 0 saturated heterocycles. The number of ether oxygens (including phenoxy) is 1. The van der Waals surface area contributed by atoms with Crippen LogP contribution in [0.2, 0.25) is 0 Å². The molecule has 0 aliphatic rings. The SMILES string of the molecule is COCCCNC(=O)CN(C)C(=O)c1nnn(-c2cccc(C)c2)c1C. The number of amides is 2. The average molecular weight is 359 g/mol. The zero-order valence-electron chi connectivity index (χ0n) is 15.7. The predicted molar refractivity (Wildman–Crippen MR) is 97.3 cm³/mol. The van der Waals surface area contributed by atoms with Gasteiger partial charge in [0.1, 0.15) is 0 Å². The summed E-state index contributed by atoms with van der Waals surface area (Å²) in [5, 5.41) is 10.8. The van der Waals surface area contributed by atoms with Crippen LogP contribution in [0.3, 0.4) is 0 Å². The van der Waals surface area contributed by atoms with Gasteiger partial charge in [0.25, 0.3) is 5.91 Å². The lowest BCUT2D eigenvalue weighted by atomic mass is 10.2. The van der Waals surface area contributed by atoms with Crippen molar-refractivity contribution in [2.75, 3.05) is 33.9 Å². The van der Waals surface area contributed by atoms with Crippen LogP contribution < -0.4 is 5.32 Å². The van der Waals surface area contributed by atoms with Crippen LogP contribution in [0.5, 0.6) is 0 Å². The number of rotatable bonds is 8. The minimum absolute atomic E-state index is 0.0391. The van der Waals surface area contributed by atoms with E-state index in [0.29, 0.717) is 18.8 Å². The lowest BCUT2D eigenvalue weighted by molar-refractivity contribution is -0.121. The number of nitrogens with one attached hydrogen (secondary N) is 1. The Balaban J connectivity index is 2.02. The quantitative estimate of drug-likeness (QED) is 0.713. The van der Waals surface area contributed by atoms with Gasteiger partial charge in [-0.1, -0.05) is 17.3 Å². The van der Waals surface area contributed by atoms with E-state index < -0.39 is 0 Å². The summed E-state index contributed by atoms with van der Waals surface area (Å²) in [5.74, 6) is -0.561. The highest BCUT2D eigenvalue weighted by Gasteiger charge is 2.22.